The predicted molar refractivity (Wildman–Crippen MR) is 133 cm³/mol. The lowest BCUT2D eigenvalue weighted by atomic mass is 9.48. The first-order valence-corrected chi connectivity index (χ1v) is 14.0. The van der Waals surface area contributed by atoms with Gasteiger partial charge in [0.15, 0.2) is 0 Å². The monoisotopic (exact) mass is 431 g/mol. The third-order valence-electron chi connectivity index (χ3n) is 11.2. The van der Waals surface area contributed by atoms with Crippen molar-refractivity contribution in [3.63, 3.8) is 0 Å². The van der Waals surface area contributed by atoms with Crippen LogP contribution in [0.3, 0.4) is 0 Å². The highest BCUT2D eigenvalue weighted by atomic mass is 14.6. The van der Waals surface area contributed by atoms with Gasteiger partial charge in [-0.15, -0.1) is 0 Å². The second-order valence-electron chi connectivity index (χ2n) is 12.6. The number of nitrogens with zero attached hydrogens (tertiary/aromatic N) is 1. The maximum atomic E-state index is 9.10. The average Bonchev–Trinajstić information content (AvgIpc) is 3.17. The van der Waals surface area contributed by atoms with E-state index < -0.39 is 0 Å². The highest BCUT2D eigenvalue weighted by molar-refractivity contribution is 5.31. The van der Waals surface area contributed by atoms with Crippen LogP contribution in [0.5, 0.6) is 0 Å². The summed E-state index contributed by atoms with van der Waals surface area (Å²) in [7, 11) is 0. The van der Waals surface area contributed by atoms with Crippen molar-refractivity contribution in [3.8, 4) is 6.07 Å². The smallest absolute Gasteiger partial charge is 0.0991 e. The van der Waals surface area contributed by atoms with E-state index in [2.05, 4.69) is 39.0 Å². The lowest BCUT2D eigenvalue weighted by molar-refractivity contribution is -0.0740. The minimum atomic E-state index is 0.569. The molecule has 1 heteroatoms. The molecule has 4 fully saturated rings. The summed E-state index contributed by atoms with van der Waals surface area (Å²) in [6.07, 6.45) is 17.7. The number of fused-ring (bicyclic) bond motifs is 5. The van der Waals surface area contributed by atoms with E-state index in [4.69, 9.17) is 5.26 Å². The molecule has 0 heterocycles. The Labute approximate surface area is 197 Å². The fourth-order valence-corrected chi connectivity index (χ4v) is 9.83. The fraction of sp³-hybridized carbons (Fsp3) is 0.774. The zero-order chi connectivity index (χ0) is 22.3. The van der Waals surface area contributed by atoms with Crippen molar-refractivity contribution in [2.24, 2.45) is 52.8 Å². The van der Waals surface area contributed by atoms with Gasteiger partial charge in [-0.1, -0.05) is 52.2 Å². The van der Waals surface area contributed by atoms with Crippen LogP contribution < -0.4 is 0 Å². The van der Waals surface area contributed by atoms with E-state index >= 15 is 0 Å². The van der Waals surface area contributed by atoms with Gasteiger partial charge in [-0.25, -0.2) is 0 Å². The number of benzene rings is 1. The summed E-state index contributed by atoms with van der Waals surface area (Å²) in [6.45, 7) is 7.60. The Morgan fingerprint density at radius 2 is 1.75 bits per heavy atom. The van der Waals surface area contributed by atoms with Crippen molar-refractivity contribution in [1.29, 1.82) is 5.26 Å². The molecule has 0 radical (unpaired) electrons. The molecule has 0 N–H and O–H groups in total. The lowest BCUT2D eigenvalue weighted by Crippen LogP contribution is -2.49. The van der Waals surface area contributed by atoms with Gasteiger partial charge in [0.25, 0.3) is 0 Å². The van der Waals surface area contributed by atoms with Crippen LogP contribution >= 0.6 is 0 Å². The highest BCUT2D eigenvalue weighted by Gasteiger charge is 2.57. The summed E-state index contributed by atoms with van der Waals surface area (Å²) < 4.78 is 0. The molecule has 9 atom stereocenters. The third kappa shape index (κ3) is 3.95. The Balaban J connectivity index is 1.26. The summed E-state index contributed by atoms with van der Waals surface area (Å²) in [5.41, 5.74) is 2.77. The maximum absolute atomic E-state index is 9.10. The molecule has 32 heavy (non-hydrogen) atoms. The topological polar surface area (TPSA) is 23.8 Å². The molecule has 1 aromatic carbocycles. The quantitative estimate of drug-likeness (QED) is 0.459. The minimum absolute atomic E-state index is 0.569. The van der Waals surface area contributed by atoms with Crippen LogP contribution in [0.1, 0.15) is 103 Å². The van der Waals surface area contributed by atoms with Crippen molar-refractivity contribution in [1.82, 2.24) is 0 Å². The predicted octanol–water partition coefficient (Wildman–Crippen LogP) is 8.42. The third-order valence-corrected chi connectivity index (χ3v) is 11.2. The minimum Gasteiger partial charge on any atom is -0.192 e. The zero-order valence-electron chi connectivity index (χ0n) is 20.9. The molecular weight excluding hydrogens is 386 g/mol. The molecule has 0 aliphatic heterocycles. The summed E-state index contributed by atoms with van der Waals surface area (Å²) in [6, 6.07) is 10.6. The van der Waals surface area contributed by atoms with E-state index in [0.29, 0.717) is 5.41 Å². The van der Waals surface area contributed by atoms with Crippen LogP contribution in [-0.2, 0) is 6.42 Å². The van der Waals surface area contributed by atoms with Crippen molar-refractivity contribution in [2.75, 3.05) is 0 Å². The van der Waals surface area contributed by atoms with Crippen molar-refractivity contribution in [2.45, 2.75) is 97.8 Å². The number of hydrogen-bond donors (Lipinski definition) is 0. The van der Waals surface area contributed by atoms with E-state index in [9.17, 15) is 0 Å². The standard InChI is InChI=1S/C31H45N/c1-4-5-22-10-12-26-25(19-22)11-13-28-27(26)16-17-31(3)29(14-15-30(28)31)21(2)18-23-6-8-24(20-32)9-7-23/h6-9,21-22,25-30H,4-5,10-19H2,1-3H3/t21-,22?,25?,26?,27?,28?,29?,30?,31?/m1/s1. The Morgan fingerprint density at radius 1 is 0.969 bits per heavy atom. The summed E-state index contributed by atoms with van der Waals surface area (Å²) >= 11 is 0. The Bertz CT molecular complexity index is 818. The van der Waals surface area contributed by atoms with Gasteiger partial charge in [-0.05, 0) is 128 Å². The van der Waals surface area contributed by atoms with Gasteiger partial charge in [-0.3, -0.25) is 0 Å². The molecule has 1 aromatic rings. The van der Waals surface area contributed by atoms with Crippen molar-refractivity contribution < 1.29 is 0 Å². The van der Waals surface area contributed by atoms with E-state index in [-0.39, 0.29) is 0 Å². The van der Waals surface area contributed by atoms with Gasteiger partial charge >= 0.3 is 0 Å². The van der Waals surface area contributed by atoms with Gasteiger partial charge in [0, 0.05) is 0 Å². The van der Waals surface area contributed by atoms with Gasteiger partial charge in [0.1, 0.15) is 0 Å². The summed E-state index contributed by atoms with van der Waals surface area (Å²) in [5, 5.41) is 9.10. The van der Waals surface area contributed by atoms with Crippen molar-refractivity contribution in [3.05, 3.63) is 35.4 Å². The normalized spacial score (nSPS) is 41.8. The SMILES string of the molecule is CCCC1CCC2C(CCC3C2CCC2(C)C3CCC2[C@H](C)Cc2ccc(C#N)cc2)C1. The van der Waals surface area contributed by atoms with Crippen LogP contribution in [-0.4, -0.2) is 0 Å². The summed E-state index contributed by atoms with van der Waals surface area (Å²) in [5.74, 6) is 7.89. The molecule has 8 unspecified atom stereocenters. The van der Waals surface area contributed by atoms with Gasteiger partial charge in [0.05, 0.1) is 11.6 Å². The van der Waals surface area contributed by atoms with Crippen LogP contribution in [0, 0.1) is 64.1 Å². The highest BCUT2D eigenvalue weighted by Crippen LogP contribution is 2.65. The molecule has 0 aromatic heterocycles. The second kappa shape index (κ2) is 9.16. The molecule has 1 nitrogen and oxygen atoms in total. The molecule has 174 valence electrons. The molecule has 5 rings (SSSR count). The van der Waals surface area contributed by atoms with Crippen LogP contribution in [0.15, 0.2) is 24.3 Å². The second-order valence-corrected chi connectivity index (χ2v) is 12.6. The first-order valence-electron chi connectivity index (χ1n) is 14.0. The van der Waals surface area contributed by atoms with Gasteiger partial charge in [0.2, 0.25) is 0 Å². The van der Waals surface area contributed by atoms with Crippen LogP contribution in [0.4, 0.5) is 0 Å². The molecular formula is C31H45N. The average molecular weight is 432 g/mol. The van der Waals surface area contributed by atoms with Gasteiger partial charge in [-0.2, -0.15) is 5.26 Å². The van der Waals surface area contributed by atoms with Crippen LogP contribution in [0.2, 0.25) is 0 Å². The molecule has 4 aliphatic rings. The molecule has 4 aliphatic carbocycles. The van der Waals surface area contributed by atoms with Gasteiger partial charge < -0.3 is 0 Å². The maximum Gasteiger partial charge on any atom is 0.0991 e. The molecule has 0 amide bonds. The largest absolute Gasteiger partial charge is 0.192 e. The van der Waals surface area contributed by atoms with Crippen molar-refractivity contribution >= 4 is 0 Å². The van der Waals surface area contributed by atoms with Crippen LogP contribution in [0.25, 0.3) is 0 Å². The van der Waals surface area contributed by atoms with E-state index in [0.717, 1.165) is 52.9 Å². The van der Waals surface area contributed by atoms with E-state index in [1.807, 2.05) is 12.1 Å². The molecule has 0 spiro atoms. The Hall–Kier alpha value is -1.29. The summed E-state index contributed by atoms with van der Waals surface area (Å²) in [4.78, 5) is 0. The Morgan fingerprint density at radius 3 is 2.50 bits per heavy atom. The molecule has 4 saturated carbocycles. The van der Waals surface area contributed by atoms with E-state index in [1.165, 1.54) is 56.9 Å². The first-order chi connectivity index (χ1) is 15.5. The lowest BCUT2D eigenvalue weighted by Gasteiger charge is -2.57. The Kier molecular flexibility index (Phi) is 6.44. The van der Waals surface area contributed by atoms with E-state index in [1.54, 1.807) is 25.7 Å². The zero-order valence-corrected chi connectivity index (χ0v) is 20.9. The number of nitriles is 1. The molecule has 0 saturated heterocycles. The molecule has 0 bridgehead atoms. The first kappa shape index (κ1) is 22.5. The number of hydrogen-bond acceptors (Lipinski definition) is 1. The fourth-order valence-electron chi connectivity index (χ4n) is 9.83. The number of rotatable bonds is 5.